The molecule has 2 unspecified atom stereocenters. The lowest BCUT2D eigenvalue weighted by atomic mass is 9.99. The first kappa shape index (κ1) is 9.78. The van der Waals surface area contributed by atoms with Gasteiger partial charge in [0.25, 0.3) is 0 Å². The Morgan fingerprint density at radius 2 is 2.42 bits per heavy atom. The summed E-state index contributed by atoms with van der Waals surface area (Å²) in [6.45, 7) is 3.05. The minimum atomic E-state index is 0.119. The Morgan fingerprint density at radius 3 is 2.83 bits per heavy atom. The Hall–Kier alpha value is -0.310. The zero-order chi connectivity index (χ0) is 9.14. The summed E-state index contributed by atoms with van der Waals surface area (Å²) < 4.78 is 0.297. The van der Waals surface area contributed by atoms with Gasteiger partial charge < -0.3 is 4.90 Å². The Morgan fingerprint density at radius 1 is 1.75 bits per heavy atom. The van der Waals surface area contributed by atoms with Gasteiger partial charge >= 0.3 is 0 Å². The molecule has 0 bridgehead atoms. The van der Waals surface area contributed by atoms with Crippen LogP contribution in [0.4, 0.5) is 0 Å². The smallest absolute Gasteiger partial charge is 0.219 e. The fourth-order valence-corrected chi connectivity index (χ4v) is 2.33. The molecule has 0 aliphatic carbocycles. The van der Waals surface area contributed by atoms with E-state index in [1.54, 1.807) is 6.92 Å². The number of nitrogens with zero attached hydrogens (tertiary/aromatic N) is 2. The number of hydrogen-bond donors (Lipinski definition) is 0. The molecule has 4 heteroatoms. The number of rotatable bonds is 0. The Kier molecular flexibility index (Phi) is 3.32. The number of amides is 1. The topological polar surface area (TPSA) is 44.1 Å². The van der Waals surface area contributed by atoms with E-state index >= 15 is 0 Å². The Labute approximate surface area is 85.9 Å². The molecule has 66 valence electrons. The van der Waals surface area contributed by atoms with Gasteiger partial charge in [0.15, 0.2) is 0 Å². The first-order chi connectivity index (χ1) is 5.65. The third-order valence-electron chi connectivity index (χ3n) is 2.15. The highest BCUT2D eigenvalue weighted by Crippen LogP contribution is 2.23. The third-order valence-corrected chi connectivity index (χ3v) is 3.41. The molecule has 0 aromatic heterocycles. The first-order valence-corrected chi connectivity index (χ1v) is 5.19. The van der Waals surface area contributed by atoms with Crippen LogP contribution in [0.25, 0.3) is 0 Å². The van der Waals surface area contributed by atoms with Crippen LogP contribution in [-0.2, 0) is 4.79 Å². The van der Waals surface area contributed by atoms with Gasteiger partial charge in [-0.25, -0.2) is 0 Å². The number of likely N-dealkylation sites (tertiary alicyclic amines) is 1. The van der Waals surface area contributed by atoms with E-state index in [-0.39, 0.29) is 11.8 Å². The zero-order valence-corrected chi connectivity index (χ0v) is 9.11. The zero-order valence-electron chi connectivity index (χ0n) is 6.96. The summed E-state index contributed by atoms with van der Waals surface area (Å²) in [4.78, 5) is 12.8. The van der Waals surface area contributed by atoms with Crippen LogP contribution in [0.3, 0.4) is 0 Å². The van der Waals surface area contributed by atoms with Crippen LogP contribution in [0.15, 0.2) is 0 Å². The average molecular weight is 278 g/mol. The molecule has 0 spiro atoms. The molecular formula is C8H11IN2O. The van der Waals surface area contributed by atoms with Gasteiger partial charge in [-0.3, -0.25) is 4.79 Å². The second kappa shape index (κ2) is 4.08. The largest absolute Gasteiger partial charge is 0.342 e. The summed E-state index contributed by atoms with van der Waals surface area (Å²) >= 11 is 2.25. The van der Waals surface area contributed by atoms with Crippen molar-refractivity contribution in [3.05, 3.63) is 0 Å². The van der Waals surface area contributed by atoms with Crippen molar-refractivity contribution in [1.29, 1.82) is 5.26 Å². The molecule has 1 heterocycles. The van der Waals surface area contributed by atoms with E-state index in [4.69, 9.17) is 5.26 Å². The summed E-state index contributed by atoms with van der Waals surface area (Å²) in [5, 5.41) is 8.73. The van der Waals surface area contributed by atoms with E-state index in [9.17, 15) is 4.79 Å². The van der Waals surface area contributed by atoms with Crippen molar-refractivity contribution < 1.29 is 4.79 Å². The third kappa shape index (κ3) is 2.09. The summed E-state index contributed by atoms with van der Waals surface area (Å²) in [6.07, 6.45) is 0.823. The lowest BCUT2D eigenvalue weighted by Gasteiger charge is -2.32. The van der Waals surface area contributed by atoms with Crippen LogP contribution >= 0.6 is 22.6 Å². The van der Waals surface area contributed by atoms with Gasteiger partial charge in [-0.1, -0.05) is 22.6 Å². The number of nitriles is 1. The highest BCUT2D eigenvalue weighted by molar-refractivity contribution is 14.1. The molecule has 1 rings (SSSR count). The molecular weight excluding hydrogens is 267 g/mol. The maximum absolute atomic E-state index is 11.0. The number of hydrogen-bond acceptors (Lipinski definition) is 2. The predicted molar refractivity (Wildman–Crippen MR) is 53.8 cm³/mol. The summed E-state index contributed by atoms with van der Waals surface area (Å²) in [7, 11) is 0. The van der Waals surface area contributed by atoms with Crippen LogP contribution in [-0.4, -0.2) is 27.8 Å². The minimum absolute atomic E-state index is 0.119. The Bertz CT molecular complexity index is 224. The number of halogens is 1. The Balaban J connectivity index is 2.53. The van der Waals surface area contributed by atoms with Crippen LogP contribution < -0.4 is 0 Å². The monoisotopic (exact) mass is 278 g/mol. The van der Waals surface area contributed by atoms with Crippen molar-refractivity contribution in [2.45, 2.75) is 17.3 Å². The maximum Gasteiger partial charge on any atom is 0.219 e. The molecule has 0 radical (unpaired) electrons. The summed E-state index contributed by atoms with van der Waals surface area (Å²) in [6, 6.07) is 2.27. The van der Waals surface area contributed by atoms with Crippen molar-refractivity contribution in [2.24, 2.45) is 5.92 Å². The van der Waals surface area contributed by atoms with E-state index in [1.807, 2.05) is 4.90 Å². The molecule has 1 amide bonds. The first-order valence-electron chi connectivity index (χ1n) is 3.94. The highest BCUT2D eigenvalue weighted by Gasteiger charge is 2.27. The van der Waals surface area contributed by atoms with Crippen molar-refractivity contribution >= 4 is 28.5 Å². The molecule has 12 heavy (non-hydrogen) atoms. The van der Waals surface area contributed by atoms with E-state index in [0.717, 1.165) is 19.5 Å². The molecule has 1 fully saturated rings. The molecule has 1 saturated heterocycles. The predicted octanol–water partition coefficient (Wildman–Crippen LogP) is 1.18. The van der Waals surface area contributed by atoms with E-state index in [0.29, 0.717) is 3.92 Å². The number of alkyl halides is 1. The van der Waals surface area contributed by atoms with E-state index in [2.05, 4.69) is 28.7 Å². The van der Waals surface area contributed by atoms with Gasteiger partial charge in [0, 0.05) is 23.9 Å². The molecule has 0 aromatic rings. The number of piperidine rings is 1. The average Bonchev–Trinajstić information content (AvgIpc) is 2.04. The molecule has 0 saturated carbocycles. The van der Waals surface area contributed by atoms with Gasteiger partial charge in [0.05, 0.1) is 12.0 Å². The minimum Gasteiger partial charge on any atom is -0.342 e. The summed E-state index contributed by atoms with van der Waals surface area (Å²) in [5.74, 6) is 0.245. The number of carbonyl (C=O) groups excluding carboxylic acids is 1. The normalized spacial score (nSPS) is 29.6. The van der Waals surface area contributed by atoms with Crippen LogP contribution in [0.2, 0.25) is 0 Å². The second-order valence-electron chi connectivity index (χ2n) is 3.01. The molecule has 0 N–H and O–H groups in total. The van der Waals surface area contributed by atoms with Crippen molar-refractivity contribution in [3.63, 3.8) is 0 Å². The SMILES string of the molecule is CC(=O)N1CCC(C#N)C(I)C1. The fourth-order valence-electron chi connectivity index (χ4n) is 1.34. The fraction of sp³-hybridized carbons (Fsp3) is 0.750. The molecule has 1 aliphatic rings. The molecule has 0 aromatic carbocycles. The number of carbonyl (C=O) groups is 1. The van der Waals surface area contributed by atoms with Gasteiger partial charge in [0.1, 0.15) is 0 Å². The lowest BCUT2D eigenvalue weighted by molar-refractivity contribution is -0.129. The maximum atomic E-state index is 11.0. The van der Waals surface area contributed by atoms with Crippen molar-refractivity contribution in [3.8, 4) is 6.07 Å². The molecule has 1 aliphatic heterocycles. The van der Waals surface area contributed by atoms with Crippen LogP contribution in [0.1, 0.15) is 13.3 Å². The van der Waals surface area contributed by atoms with Gasteiger partial charge in [0.2, 0.25) is 5.91 Å². The van der Waals surface area contributed by atoms with Crippen LogP contribution in [0, 0.1) is 17.2 Å². The standard InChI is InChI=1S/C8H11IN2O/c1-6(12)11-3-2-7(4-10)8(9)5-11/h7-8H,2-3,5H2,1H3. The van der Waals surface area contributed by atoms with Crippen LogP contribution in [0.5, 0.6) is 0 Å². The molecule has 3 nitrogen and oxygen atoms in total. The quantitative estimate of drug-likeness (QED) is 0.493. The summed E-state index contributed by atoms with van der Waals surface area (Å²) in [5.41, 5.74) is 0. The van der Waals surface area contributed by atoms with Crippen molar-refractivity contribution in [1.82, 2.24) is 4.90 Å². The van der Waals surface area contributed by atoms with Gasteiger partial charge in [-0.05, 0) is 6.42 Å². The second-order valence-corrected chi connectivity index (χ2v) is 4.61. The van der Waals surface area contributed by atoms with Gasteiger partial charge in [-0.2, -0.15) is 5.26 Å². The van der Waals surface area contributed by atoms with Crippen molar-refractivity contribution in [2.75, 3.05) is 13.1 Å². The highest BCUT2D eigenvalue weighted by atomic mass is 127. The van der Waals surface area contributed by atoms with E-state index in [1.165, 1.54) is 0 Å². The lowest BCUT2D eigenvalue weighted by Crippen LogP contribution is -2.42. The van der Waals surface area contributed by atoms with Gasteiger partial charge in [-0.15, -0.1) is 0 Å². The van der Waals surface area contributed by atoms with E-state index < -0.39 is 0 Å². The molecule has 2 atom stereocenters.